The number of rotatable bonds is 6. The fourth-order valence-electron chi connectivity index (χ4n) is 6.65. The Morgan fingerprint density at radius 1 is 1.22 bits per heavy atom. The number of nitrogens with zero attached hydrogens (tertiary/aromatic N) is 1. The van der Waals surface area contributed by atoms with E-state index in [0.717, 1.165) is 30.9 Å². The number of methoxy groups -OCH3 is 1. The van der Waals surface area contributed by atoms with E-state index in [1.165, 1.54) is 11.1 Å². The van der Waals surface area contributed by atoms with Gasteiger partial charge in [0.1, 0.15) is 18.3 Å². The molecule has 0 N–H and O–H groups in total. The Balaban J connectivity index is 1.35. The summed E-state index contributed by atoms with van der Waals surface area (Å²) in [5.74, 6) is 1.50. The second-order valence-electron chi connectivity index (χ2n) is 10.2. The highest BCUT2D eigenvalue weighted by Crippen LogP contribution is 2.62. The number of likely N-dealkylation sites (tertiary alicyclic amines) is 1. The quantitative estimate of drug-likeness (QED) is 0.495. The van der Waals surface area contributed by atoms with Crippen LogP contribution < -0.4 is 9.47 Å². The highest BCUT2D eigenvalue weighted by Gasteiger charge is 2.64. The van der Waals surface area contributed by atoms with Gasteiger partial charge in [0.2, 0.25) is 0 Å². The number of ether oxygens (including phenoxy) is 6. The van der Waals surface area contributed by atoms with Crippen molar-refractivity contribution in [2.24, 2.45) is 5.92 Å². The minimum absolute atomic E-state index is 0.0647. The number of benzene rings is 1. The van der Waals surface area contributed by atoms with Crippen LogP contribution in [0.3, 0.4) is 0 Å². The SMILES string of the molecule is COCOc1ccc2c3c1O[C@H]1[C@@H](OC[C@H]4COC(C)(C)O4)C=C[C@H]4[C@@H](C2)N(C)CC[C@@]341. The highest BCUT2D eigenvalue weighted by molar-refractivity contribution is 5.62. The molecule has 1 spiro atoms. The van der Waals surface area contributed by atoms with Crippen LogP contribution in [0.1, 0.15) is 31.4 Å². The molecular weight excluding hydrogens is 410 g/mol. The lowest BCUT2D eigenvalue weighted by molar-refractivity contribution is -0.151. The third-order valence-corrected chi connectivity index (χ3v) is 7.99. The normalized spacial score (nSPS) is 38.4. The highest BCUT2D eigenvalue weighted by atomic mass is 16.7. The molecule has 6 atom stereocenters. The van der Waals surface area contributed by atoms with E-state index in [2.05, 4.69) is 30.2 Å². The van der Waals surface area contributed by atoms with Crippen LogP contribution in [0.4, 0.5) is 0 Å². The molecular formula is C25H33NO6. The fraction of sp³-hybridized carbons (Fsp3) is 0.680. The minimum atomic E-state index is -0.548. The summed E-state index contributed by atoms with van der Waals surface area (Å²) in [6.07, 6.45) is 6.40. The summed E-state index contributed by atoms with van der Waals surface area (Å²) in [4.78, 5) is 2.51. The first-order chi connectivity index (χ1) is 15.4. The van der Waals surface area contributed by atoms with Gasteiger partial charge in [0.15, 0.2) is 24.1 Å². The molecule has 5 aliphatic rings. The van der Waals surface area contributed by atoms with Gasteiger partial charge >= 0.3 is 0 Å². The van der Waals surface area contributed by atoms with Gasteiger partial charge in [0, 0.05) is 30.0 Å². The lowest BCUT2D eigenvalue weighted by Gasteiger charge is -2.56. The van der Waals surface area contributed by atoms with Crippen molar-refractivity contribution >= 4 is 0 Å². The largest absolute Gasteiger partial charge is 0.482 e. The molecule has 6 rings (SSSR count). The molecule has 0 saturated carbocycles. The molecule has 0 unspecified atom stereocenters. The van der Waals surface area contributed by atoms with Crippen molar-refractivity contribution in [3.63, 3.8) is 0 Å². The number of likely N-dealkylation sites (N-methyl/N-ethyl adjacent to an activating group) is 1. The van der Waals surface area contributed by atoms with Gasteiger partial charge in [-0.15, -0.1) is 0 Å². The summed E-state index contributed by atoms with van der Waals surface area (Å²) in [6.45, 7) is 6.18. The summed E-state index contributed by atoms with van der Waals surface area (Å²) in [5, 5.41) is 0. The molecule has 32 heavy (non-hydrogen) atoms. The number of hydrogen-bond acceptors (Lipinski definition) is 7. The Kier molecular flexibility index (Phi) is 4.86. The van der Waals surface area contributed by atoms with Crippen molar-refractivity contribution in [3.05, 3.63) is 35.4 Å². The predicted molar refractivity (Wildman–Crippen MR) is 117 cm³/mol. The zero-order valence-corrected chi connectivity index (χ0v) is 19.3. The molecule has 7 heteroatoms. The minimum Gasteiger partial charge on any atom is -0.482 e. The average molecular weight is 444 g/mol. The Morgan fingerprint density at radius 2 is 2.09 bits per heavy atom. The van der Waals surface area contributed by atoms with Crippen molar-refractivity contribution in [2.75, 3.05) is 40.7 Å². The maximum atomic E-state index is 6.76. The van der Waals surface area contributed by atoms with Gasteiger partial charge in [-0.05, 0) is 51.9 Å². The van der Waals surface area contributed by atoms with Gasteiger partial charge in [-0.2, -0.15) is 0 Å². The Hall–Kier alpha value is -1.64. The fourth-order valence-corrected chi connectivity index (χ4v) is 6.65. The van der Waals surface area contributed by atoms with E-state index in [9.17, 15) is 0 Å². The van der Waals surface area contributed by atoms with Crippen LogP contribution in [-0.2, 0) is 30.8 Å². The molecule has 0 aromatic heterocycles. The average Bonchev–Trinajstić information content (AvgIpc) is 3.31. The van der Waals surface area contributed by atoms with E-state index in [4.69, 9.17) is 28.4 Å². The van der Waals surface area contributed by atoms with E-state index in [1.807, 2.05) is 19.9 Å². The first-order valence-corrected chi connectivity index (χ1v) is 11.7. The van der Waals surface area contributed by atoms with Crippen molar-refractivity contribution < 1.29 is 28.4 Å². The van der Waals surface area contributed by atoms with Crippen LogP contribution in [0.25, 0.3) is 0 Å². The molecule has 1 aromatic carbocycles. The Morgan fingerprint density at radius 3 is 2.88 bits per heavy atom. The van der Waals surface area contributed by atoms with E-state index in [1.54, 1.807) is 7.11 Å². The summed E-state index contributed by atoms with van der Waals surface area (Å²) in [6, 6.07) is 4.73. The zero-order chi connectivity index (χ0) is 22.1. The van der Waals surface area contributed by atoms with Crippen molar-refractivity contribution in [1.29, 1.82) is 0 Å². The second kappa shape index (κ2) is 7.43. The molecule has 2 fully saturated rings. The molecule has 1 aromatic rings. The van der Waals surface area contributed by atoms with Crippen LogP contribution >= 0.6 is 0 Å². The molecule has 2 saturated heterocycles. The van der Waals surface area contributed by atoms with E-state index in [0.29, 0.717) is 25.2 Å². The van der Waals surface area contributed by atoms with E-state index >= 15 is 0 Å². The van der Waals surface area contributed by atoms with Gasteiger partial charge < -0.3 is 33.3 Å². The zero-order valence-electron chi connectivity index (χ0n) is 19.3. The lowest BCUT2D eigenvalue weighted by Crippen LogP contribution is -2.65. The summed E-state index contributed by atoms with van der Waals surface area (Å²) in [5.41, 5.74) is 2.63. The lowest BCUT2D eigenvalue weighted by atomic mass is 9.53. The molecule has 174 valence electrons. The topological polar surface area (TPSA) is 58.6 Å². The van der Waals surface area contributed by atoms with Gasteiger partial charge in [-0.1, -0.05) is 18.2 Å². The van der Waals surface area contributed by atoms with Crippen LogP contribution in [0.5, 0.6) is 11.5 Å². The third kappa shape index (κ3) is 2.98. The first-order valence-electron chi connectivity index (χ1n) is 11.7. The van der Waals surface area contributed by atoms with Gasteiger partial charge in [-0.25, -0.2) is 0 Å². The van der Waals surface area contributed by atoms with Gasteiger partial charge in [0.25, 0.3) is 0 Å². The summed E-state index contributed by atoms with van der Waals surface area (Å²) >= 11 is 0. The molecule has 3 aliphatic heterocycles. The molecule has 2 aliphatic carbocycles. The monoisotopic (exact) mass is 443 g/mol. The van der Waals surface area contributed by atoms with E-state index < -0.39 is 5.79 Å². The maximum absolute atomic E-state index is 6.76. The van der Waals surface area contributed by atoms with Crippen LogP contribution in [-0.4, -0.2) is 75.7 Å². The van der Waals surface area contributed by atoms with Crippen LogP contribution in [0, 0.1) is 5.92 Å². The first kappa shape index (κ1) is 20.9. The molecule has 0 amide bonds. The molecule has 7 nitrogen and oxygen atoms in total. The molecule has 0 radical (unpaired) electrons. The van der Waals surface area contributed by atoms with Gasteiger partial charge in [0.05, 0.1) is 13.2 Å². The van der Waals surface area contributed by atoms with Crippen molar-refractivity contribution in [3.8, 4) is 11.5 Å². The molecule has 3 heterocycles. The Bertz CT molecular complexity index is 931. The summed E-state index contributed by atoms with van der Waals surface area (Å²) < 4.78 is 36.0. The second-order valence-corrected chi connectivity index (χ2v) is 10.2. The smallest absolute Gasteiger partial charge is 0.188 e. The van der Waals surface area contributed by atoms with E-state index in [-0.39, 0.29) is 30.5 Å². The predicted octanol–water partition coefficient (Wildman–Crippen LogP) is 2.65. The van der Waals surface area contributed by atoms with Crippen LogP contribution in [0.2, 0.25) is 0 Å². The Labute approximate surface area is 189 Å². The maximum Gasteiger partial charge on any atom is 0.188 e. The third-order valence-electron chi connectivity index (χ3n) is 7.99. The van der Waals surface area contributed by atoms with Gasteiger partial charge in [-0.3, -0.25) is 0 Å². The summed E-state index contributed by atoms with van der Waals surface area (Å²) in [7, 11) is 3.89. The van der Waals surface area contributed by atoms with Crippen LogP contribution in [0.15, 0.2) is 24.3 Å². The standard InChI is InChI=1S/C25H33NO6/c1-24(2)30-13-16(32-24)12-28-20-8-6-17-18-11-15-5-7-19(29-14-27-4)22-21(15)25(17,23(20)31-22)9-10-26(18)3/h5-8,16-18,20,23H,9-14H2,1-4H3/t16-,17-,18+,20-,23-,25-/m0/s1. The molecule has 2 bridgehead atoms. The number of hydrogen-bond donors (Lipinski definition) is 0. The van der Waals surface area contributed by atoms with Crippen molar-refractivity contribution in [2.45, 2.75) is 62.2 Å². The van der Waals surface area contributed by atoms with Crippen molar-refractivity contribution in [1.82, 2.24) is 4.90 Å². The number of piperidine rings is 1.